The van der Waals surface area contributed by atoms with Gasteiger partial charge in [-0.05, 0) is 45.6 Å². The number of nitrogens with zero attached hydrogens (tertiary/aromatic N) is 4. The largest absolute Gasteiger partial charge is 0.466 e. The van der Waals surface area contributed by atoms with Crippen molar-refractivity contribution >= 4 is 11.9 Å². The van der Waals surface area contributed by atoms with E-state index in [1.165, 1.54) is 11.3 Å². The molecule has 2 rings (SSSR count). The van der Waals surface area contributed by atoms with Gasteiger partial charge in [0, 0.05) is 39.4 Å². The van der Waals surface area contributed by atoms with Crippen LogP contribution in [0, 0.1) is 19.8 Å². The second-order valence-electron chi connectivity index (χ2n) is 6.53. The summed E-state index contributed by atoms with van der Waals surface area (Å²) in [6.45, 7) is 8.81. The molecule has 140 valence electrons. The summed E-state index contributed by atoms with van der Waals surface area (Å²) in [4.78, 5) is 18.6. The normalized spacial score (nSPS) is 18.4. The number of carbonyl (C=O) groups is 1. The molecule has 1 saturated heterocycles. The number of piperidine rings is 1. The molecule has 0 amide bonds. The lowest BCUT2D eigenvalue weighted by Crippen LogP contribution is -2.48. The Kier molecular flexibility index (Phi) is 6.84. The highest BCUT2D eigenvalue weighted by atomic mass is 16.5. The van der Waals surface area contributed by atoms with E-state index in [1.54, 1.807) is 7.05 Å². The first-order valence-electron chi connectivity index (χ1n) is 9.09. The number of esters is 1. The van der Waals surface area contributed by atoms with Crippen LogP contribution >= 0.6 is 0 Å². The number of aryl methyl sites for hydroxylation is 2. The van der Waals surface area contributed by atoms with Gasteiger partial charge >= 0.3 is 5.97 Å². The lowest BCUT2D eigenvalue weighted by atomic mass is 9.98. The summed E-state index contributed by atoms with van der Waals surface area (Å²) in [7, 11) is 3.76. The number of likely N-dealkylation sites (tertiary alicyclic amines) is 1. The van der Waals surface area contributed by atoms with Crippen LogP contribution in [0.15, 0.2) is 4.99 Å². The lowest BCUT2D eigenvalue weighted by Gasteiger charge is -2.34. The Labute approximate surface area is 150 Å². The second-order valence-corrected chi connectivity index (χ2v) is 6.53. The molecule has 1 unspecified atom stereocenters. The van der Waals surface area contributed by atoms with Gasteiger partial charge in [0.1, 0.15) is 0 Å². The fourth-order valence-electron chi connectivity index (χ4n) is 3.43. The SMILES string of the molecule is CCOC(=O)C1CCCN(C(=NC)NCCc2c(C)nn(C)c2C)C1. The molecule has 1 atom stereocenters. The van der Waals surface area contributed by atoms with E-state index in [9.17, 15) is 4.79 Å². The molecule has 0 aromatic carbocycles. The molecule has 7 nitrogen and oxygen atoms in total. The standard InChI is InChI=1S/C18H31N5O2/c1-6-25-17(24)15-8-7-11-23(12-15)18(19-4)20-10-9-16-13(2)21-22(5)14(16)3/h15H,6-12H2,1-5H3,(H,19,20). The van der Waals surface area contributed by atoms with Crippen molar-refractivity contribution in [3.8, 4) is 0 Å². The number of carbonyl (C=O) groups excluding carboxylic acids is 1. The number of hydrogen-bond acceptors (Lipinski definition) is 4. The Morgan fingerprint density at radius 3 is 2.80 bits per heavy atom. The van der Waals surface area contributed by atoms with E-state index in [1.807, 2.05) is 25.6 Å². The fraction of sp³-hybridized carbons (Fsp3) is 0.722. The maximum atomic E-state index is 12.0. The molecule has 1 aliphatic rings. The highest BCUT2D eigenvalue weighted by Gasteiger charge is 2.28. The van der Waals surface area contributed by atoms with Crippen LogP contribution in [0.2, 0.25) is 0 Å². The molecular weight excluding hydrogens is 318 g/mol. The number of nitrogens with one attached hydrogen (secondary N) is 1. The quantitative estimate of drug-likeness (QED) is 0.495. The van der Waals surface area contributed by atoms with Crippen molar-refractivity contribution in [1.82, 2.24) is 20.0 Å². The van der Waals surface area contributed by atoms with Crippen molar-refractivity contribution in [2.24, 2.45) is 18.0 Å². The third-order valence-corrected chi connectivity index (χ3v) is 4.87. The molecule has 7 heteroatoms. The third kappa shape index (κ3) is 4.74. The topological polar surface area (TPSA) is 71.8 Å². The Morgan fingerprint density at radius 2 is 2.20 bits per heavy atom. The highest BCUT2D eigenvalue weighted by molar-refractivity contribution is 5.81. The average molecular weight is 349 g/mol. The molecule has 1 N–H and O–H groups in total. The maximum Gasteiger partial charge on any atom is 0.310 e. The molecule has 2 heterocycles. The Hall–Kier alpha value is -2.05. The predicted octanol–water partition coefficient (Wildman–Crippen LogP) is 1.43. The van der Waals surface area contributed by atoms with Gasteiger partial charge in [0.05, 0.1) is 18.2 Å². The first-order chi connectivity index (χ1) is 12.0. The summed E-state index contributed by atoms with van der Waals surface area (Å²) in [6, 6.07) is 0. The van der Waals surface area contributed by atoms with Gasteiger partial charge in [0.15, 0.2) is 5.96 Å². The van der Waals surface area contributed by atoms with Crippen LogP contribution in [0.4, 0.5) is 0 Å². The minimum atomic E-state index is -0.0933. The Bertz CT molecular complexity index is 623. The monoisotopic (exact) mass is 349 g/mol. The highest BCUT2D eigenvalue weighted by Crippen LogP contribution is 2.18. The van der Waals surface area contributed by atoms with E-state index in [4.69, 9.17) is 4.74 Å². The number of aliphatic imine (C=N–C) groups is 1. The molecular formula is C18H31N5O2. The molecule has 1 aliphatic heterocycles. The van der Waals surface area contributed by atoms with Gasteiger partial charge in [-0.15, -0.1) is 0 Å². The van der Waals surface area contributed by atoms with Crippen molar-refractivity contribution < 1.29 is 9.53 Å². The van der Waals surface area contributed by atoms with Gasteiger partial charge in [-0.2, -0.15) is 5.10 Å². The van der Waals surface area contributed by atoms with Gasteiger partial charge in [0.25, 0.3) is 0 Å². The lowest BCUT2D eigenvalue weighted by molar-refractivity contribution is -0.149. The smallest absolute Gasteiger partial charge is 0.310 e. The van der Waals surface area contributed by atoms with E-state index >= 15 is 0 Å². The molecule has 1 aromatic rings. The van der Waals surface area contributed by atoms with Crippen LogP contribution in [-0.4, -0.2) is 59.9 Å². The summed E-state index contributed by atoms with van der Waals surface area (Å²) in [5.74, 6) is 0.701. The molecule has 1 aromatic heterocycles. The molecule has 25 heavy (non-hydrogen) atoms. The number of hydrogen-bond donors (Lipinski definition) is 1. The van der Waals surface area contributed by atoms with Crippen LogP contribution in [0.1, 0.15) is 36.7 Å². The van der Waals surface area contributed by atoms with Gasteiger partial charge in [-0.3, -0.25) is 14.5 Å². The van der Waals surface area contributed by atoms with Gasteiger partial charge in [-0.25, -0.2) is 0 Å². The summed E-state index contributed by atoms with van der Waals surface area (Å²) >= 11 is 0. The first-order valence-corrected chi connectivity index (χ1v) is 9.09. The van der Waals surface area contributed by atoms with Crippen LogP contribution in [0.5, 0.6) is 0 Å². The van der Waals surface area contributed by atoms with Gasteiger partial charge in [0.2, 0.25) is 0 Å². The summed E-state index contributed by atoms with van der Waals surface area (Å²) in [6.07, 6.45) is 2.77. The number of guanidine groups is 1. The van der Waals surface area contributed by atoms with Gasteiger partial charge in [-0.1, -0.05) is 0 Å². The number of ether oxygens (including phenoxy) is 1. The van der Waals surface area contributed by atoms with Crippen molar-refractivity contribution in [2.75, 3.05) is 33.3 Å². The summed E-state index contributed by atoms with van der Waals surface area (Å²) in [5.41, 5.74) is 3.57. The number of aromatic nitrogens is 2. The minimum Gasteiger partial charge on any atom is -0.466 e. The molecule has 0 spiro atoms. The first kappa shape index (κ1) is 19.3. The van der Waals surface area contributed by atoms with E-state index in [0.717, 1.165) is 44.0 Å². The van der Waals surface area contributed by atoms with Crippen molar-refractivity contribution in [1.29, 1.82) is 0 Å². The van der Waals surface area contributed by atoms with E-state index < -0.39 is 0 Å². The van der Waals surface area contributed by atoms with Crippen LogP contribution in [-0.2, 0) is 23.0 Å². The van der Waals surface area contributed by atoms with Gasteiger partial charge < -0.3 is 15.0 Å². The fourth-order valence-corrected chi connectivity index (χ4v) is 3.43. The van der Waals surface area contributed by atoms with Crippen molar-refractivity contribution in [3.63, 3.8) is 0 Å². The Morgan fingerprint density at radius 1 is 1.44 bits per heavy atom. The van der Waals surface area contributed by atoms with Crippen molar-refractivity contribution in [2.45, 2.75) is 40.0 Å². The molecule has 0 saturated carbocycles. The average Bonchev–Trinajstić information content (AvgIpc) is 2.85. The van der Waals surface area contributed by atoms with Crippen LogP contribution in [0.3, 0.4) is 0 Å². The zero-order valence-electron chi connectivity index (χ0n) is 16.1. The second kappa shape index (κ2) is 8.87. The predicted molar refractivity (Wildman–Crippen MR) is 98.7 cm³/mol. The zero-order valence-corrected chi connectivity index (χ0v) is 16.1. The Balaban J connectivity index is 1.90. The summed E-state index contributed by atoms with van der Waals surface area (Å²) in [5, 5.41) is 7.89. The van der Waals surface area contributed by atoms with E-state index in [0.29, 0.717) is 13.2 Å². The maximum absolute atomic E-state index is 12.0. The molecule has 0 bridgehead atoms. The summed E-state index contributed by atoms with van der Waals surface area (Å²) < 4.78 is 7.10. The number of rotatable bonds is 5. The van der Waals surface area contributed by atoms with E-state index in [2.05, 4.69) is 27.2 Å². The third-order valence-electron chi connectivity index (χ3n) is 4.87. The molecule has 0 aliphatic carbocycles. The van der Waals surface area contributed by atoms with Crippen LogP contribution in [0.25, 0.3) is 0 Å². The van der Waals surface area contributed by atoms with E-state index in [-0.39, 0.29) is 11.9 Å². The molecule has 1 fully saturated rings. The van der Waals surface area contributed by atoms with Crippen LogP contribution < -0.4 is 5.32 Å². The van der Waals surface area contributed by atoms with Crippen molar-refractivity contribution in [3.05, 3.63) is 17.0 Å². The molecule has 0 radical (unpaired) electrons. The minimum absolute atomic E-state index is 0.0601. The zero-order chi connectivity index (χ0) is 18.4.